The molecule has 1 atom stereocenters. The van der Waals surface area contributed by atoms with Crippen LogP contribution in [0, 0.1) is 12.8 Å². The van der Waals surface area contributed by atoms with Crippen molar-refractivity contribution in [3.8, 4) is 10.9 Å². The molecule has 0 aliphatic carbocycles. The zero-order valence-electron chi connectivity index (χ0n) is 19.3. The maximum absolute atomic E-state index is 13.2. The van der Waals surface area contributed by atoms with Gasteiger partial charge in [-0.2, -0.15) is 14.1 Å². The van der Waals surface area contributed by atoms with Crippen molar-refractivity contribution in [3.05, 3.63) is 60.3 Å². The Morgan fingerprint density at radius 2 is 1.97 bits per heavy atom. The smallest absolute Gasteiger partial charge is 0.243 e. The van der Waals surface area contributed by atoms with Crippen LogP contribution in [-0.4, -0.2) is 53.6 Å². The summed E-state index contributed by atoms with van der Waals surface area (Å²) in [6.45, 7) is 2.38. The molecule has 0 bridgehead atoms. The first-order valence-electron chi connectivity index (χ1n) is 11.2. The summed E-state index contributed by atoms with van der Waals surface area (Å²) in [5.41, 5.74) is 1.54. The summed E-state index contributed by atoms with van der Waals surface area (Å²) in [6, 6.07) is 15.8. The van der Waals surface area contributed by atoms with Gasteiger partial charge in [-0.05, 0) is 50.1 Å². The molecule has 0 spiro atoms. The minimum Gasteiger partial charge on any atom is -0.497 e. The van der Waals surface area contributed by atoms with E-state index in [1.165, 1.54) is 15.6 Å². The fraction of sp³-hybridized carbons (Fsp3) is 0.292. The fourth-order valence-corrected chi connectivity index (χ4v) is 6.69. The fourth-order valence-electron chi connectivity index (χ4n) is 4.19. The predicted octanol–water partition coefficient (Wildman–Crippen LogP) is 3.84. The van der Waals surface area contributed by atoms with Gasteiger partial charge in [-0.1, -0.05) is 29.5 Å². The number of piperidine rings is 1. The number of hydrogen-bond acceptors (Lipinski definition) is 7. The number of thiazole rings is 1. The van der Waals surface area contributed by atoms with Crippen LogP contribution >= 0.6 is 11.3 Å². The van der Waals surface area contributed by atoms with Gasteiger partial charge in [0.2, 0.25) is 21.1 Å². The van der Waals surface area contributed by atoms with E-state index in [9.17, 15) is 13.2 Å². The van der Waals surface area contributed by atoms with E-state index in [4.69, 9.17) is 4.74 Å². The van der Waals surface area contributed by atoms with Crippen LogP contribution in [0.1, 0.15) is 18.5 Å². The molecule has 5 rings (SSSR count). The predicted molar refractivity (Wildman–Crippen MR) is 135 cm³/mol. The number of aryl methyl sites for hydroxylation is 1. The molecule has 1 saturated heterocycles. The van der Waals surface area contributed by atoms with Crippen molar-refractivity contribution in [1.29, 1.82) is 0 Å². The highest BCUT2D eigenvalue weighted by atomic mass is 32.2. The number of amides is 1. The number of benzene rings is 2. The number of methoxy groups -OCH3 is 1. The molecular formula is C24H25N5O4S2. The standard InChI is InChI=1S/C24H25N5O4S2/c1-16-13-22(29(27-16)24-25-20-11-10-18(33-2)14-21(20)34-24)26-23(30)17-7-6-12-28(15-17)35(31,32)19-8-4-3-5-9-19/h3-5,8-11,13-14,17H,6-7,12,15H2,1-2H3,(H,26,30). The van der Waals surface area contributed by atoms with Gasteiger partial charge < -0.3 is 10.1 Å². The van der Waals surface area contributed by atoms with Crippen molar-refractivity contribution < 1.29 is 17.9 Å². The second kappa shape index (κ2) is 9.40. The average Bonchev–Trinajstić information content (AvgIpc) is 3.46. The Morgan fingerprint density at radius 3 is 2.74 bits per heavy atom. The lowest BCUT2D eigenvalue weighted by atomic mass is 9.99. The molecule has 11 heteroatoms. The van der Waals surface area contributed by atoms with Crippen LogP contribution in [0.15, 0.2) is 59.5 Å². The summed E-state index contributed by atoms with van der Waals surface area (Å²) < 4.78 is 35.4. The highest BCUT2D eigenvalue weighted by Crippen LogP contribution is 2.31. The van der Waals surface area contributed by atoms with Crippen molar-refractivity contribution in [2.24, 2.45) is 5.92 Å². The molecule has 2 aromatic carbocycles. The normalized spacial score (nSPS) is 16.9. The van der Waals surface area contributed by atoms with Gasteiger partial charge in [-0.25, -0.2) is 13.4 Å². The van der Waals surface area contributed by atoms with Crippen LogP contribution in [0.3, 0.4) is 0 Å². The molecular weight excluding hydrogens is 486 g/mol. The minimum atomic E-state index is -3.65. The van der Waals surface area contributed by atoms with Crippen LogP contribution in [0.25, 0.3) is 15.3 Å². The van der Waals surface area contributed by atoms with Crippen molar-refractivity contribution in [2.75, 3.05) is 25.5 Å². The van der Waals surface area contributed by atoms with Gasteiger partial charge in [0.15, 0.2) is 0 Å². The Hall–Kier alpha value is -3.28. The molecule has 0 radical (unpaired) electrons. The number of nitrogens with zero attached hydrogens (tertiary/aromatic N) is 4. The number of ether oxygens (including phenoxy) is 1. The molecule has 4 aromatic rings. The second-order valence-electron chi connectivity index (χ2n) is 8.42. The zero-order chi connectivity index (χ0) is 24.6. The molecule has 9 nitrogen and oxygen atoms in total. The third-order valence-electron chi connectivity index (χ3n) is 5.98. The van der Waals surface area contributed by atoms with E-state index in [1.807, 2.05) is 25.1 Å². The Morgan fingerprint density at radius 1 is 1.17 bits per heavy atom. The van der Waals surface area contributed by atoms with Gasteiger partial charge in [0.05, 0.1) is 33.8 Å². The van der Waals surface area contributed by atoms with Gasteiger partial charge in [0, 0.05) is 19.2 Å². The summed E-state index contributed by atoms with van der Waals surface area (Å²) in [4.78, 5) is 18.1. The SMILES string of the molecule is COc1ccc2nc(-n3nc(C)cc3NC(=O)C3CCCN(S(=O)(=O)c4ccccc4)C3)sc2c1. The highest BCUT2D eigenvalue weighted by molar-refractivity contribution is 7.89. The minimum absolute atomic E-state index is 0.136. The summed E-state index contributed by atoms with van der Waals surface area (Å²) in [5.74, 6) is 0.541. The van der Waals surface area contributed by atoms with Gasteiger partial charge in [0.1, 0.15) is 11.6 Å². The molecule has 35 heavy (non-hydrogen) atoms. The van der Waals surface area contributed by atoms with Crippen molar-refractivity contribution in [2.45, 2.75) is 24.7 Å². The van der Waals surface area contributed by atoms with E-state index in [0.29, 0.717) is 30.3 Å². The molecule has 1 aliphatic heterocycles. The van der Waals surface area contributed by atoms with E-state index in [2.05, 4.69) is 15.4 Å². The number of fused-ring (bicyclic) bond motifs is 1. The number of rotatable bonds is 6. The number of hydrogen-bond donors (Lipinski definition) is 1. The van der Waals surface area contributed by atoms with E-state index >= 15 is 0 Å². The monoisotopic (exact) mass is 511 g/mol. The highest BCUT2D eigenvalue weighted by Gasteiger charge is 2.33. The number of carbonyl (C=O) groups is 1. The zero-order valence-corrected chi connectivity index (χ0v) is 21.0. The lowest BCUT2D eigenvalue weighted by molar-refractivity contribution is -0.120. The molecule has 182 valence electrons. The number of sulfonamides is 1. The van der Waals surface area contributed by atoms with Crippen LogP contribution in [0.5, 0.6) is 5.75 Å². The summed E-state index contributed by atoms with van der Waals surface area (Å²) >= 11 is 1.44. The van der Waals surface area contributed by atoms with Crippen molar-refractivity contribution >= 4 is 43.3 Å². The van der Waals surface area contributed by atoms with Crippen molar-refractivity contribution in [3.63, 3.8) is 0 Å². The third-order valence-corrected chi connectivity index (χ3v) is 8.86. The van der Waals surface area contributed by atoms with E-state index in [1.54, 1.807) is 48.2 Å². The van der Waals surface area contributed by atoms with Crippen molar-refractivity contribution in [1.82, 2.24) is 19.1 Å². The number of anilines is 1. The first-order valence-corrected chi connectivity index (χ1v) is 13.5. The van der Waals surface area contributed by atoms with Gasteiger partial charge in [-0.3, -0.25) is 4.79 Å². The Balaban J connectivity index is 1.36. The quantitative estimate of drug-likeness (QED) is 0.422. The maximum atomic E-state index is 13.2. The number of aromatic nitrogens is 3. The maximum Gasteiger partial charge on any atom is 0.243 e. The molecule has 1 amide bonds. The Labute approximate surface area is 207 Å². The van der Waals surface area contributed by atoms with Crippen LogP contribution < -0.4 is 10.1 Å². The molecule has 1 aliphatic rings. The molecule has 1 fully saturated rings. The number of nitrogens with one attached hydrogen (secondary N) is 1. The van der Waals surface area contributed by atoms with Crippen LogP contribution in [-0.2, 0) is 14.8 Å². The first kappa shape index (κ1) is 23.5. The molecule has 1 N–H and O–H groups in total. The third kappa shape index (κ3) is 4.66. The number of carbonyl (C=O) groups excluding carboxylic acids is 1. The lowest BCUT2D eigenvalue weighted by Gasteiger charge is -2.31. The summed E-state index contributed by atoms with van der Waals surface area (Å²) in [6.07, 6.45) is 1.23. The molecule has 2 aromatic heterocycles. The van der Waals surface area contributed by atoms with Gasteiger partial charge >= 0.3 is 0 Å². The van der Waals surface area contributed by atoms with Crippen LogP contribution in [0.2, 0.25) is 0 Å². The Kier molecular flexibility index (Phi) is 6.30. The topological polar surface area (TPSA) is 106 Å². The van der Waals surface area contributed by atoms with E-state index < -0.39 is 15.9 Å². The van der Waals surface area contributed by atoms with E-state index in [0.717, 1.165) is 21.7 Å². The molecule has 3 heterocycles. The Bertz CT molecular complexity index is 1480. The summed E-state index contributed by atoms with van der Waals surface area (Å²) in [5, 5.41) is 8.10. The van der Waals surface area contributed by atoms with Crippen LogP contribution in [0.4, 0.5) is 5.82 Å². The van der Waals surface area contributed by atoms with E-state index in [-0.39, 0.29) is 17.3 Å². The lowest BCUT2D eigenvalue weighted by Crippen LogP contribution is -2.43. The average molecular weight is 512 g/mol. The van der Waals surface area contributed by atoms with Gasteiger partial charge in [-0.15, -0.1) is 0 Å². The largest absolute Gasteiger partial charge is 0.497 e. The second-order valence-corrected chi connectivity index (χ2v) is 11.4. The van der Waals surface area contributed by atoms with Gasteiger partial charge in [0.25, 0.3) is 0 Å². The summed E-state index contributed by atoms with van der Waals surface area (Å²) in [7, 11) is -2.04. The molecule has 0 saturated carbocycles. The molecule has 1 unspecified atom stereocenters. The first-order chi connectivity index (χ1) is 16.8.